The van der Waals surface area contributed by atoms with Gasteiger partial charge in [0.1, 0.15) is 11.5 Å². The fraction of sp³-hybridized carbons (Fsp3) is 0.105. The lowest BCUT2D eigenvalue weighted by molar-refractivity contribution is 0.0945. The van der Waals surface area contributed by atoms with Crippen molar-refractivity contribution in [2.45, 2.75) is 13.5 Å². The van der Waals surface area contributed by atoms with E-state index in [1.807, 2.05) is 31.2 Å². The van der Waals surface area contributed by atoms with Crippen LogP contribution in [0.15, 0.2) is 48.8 Å². The van der Waals surface area contributed by atoms with Gasteiger partial charge in [-0.3, -0.25) is 4.79 Å². The highest BCUT2D eigenvalue weighted by atomic mass is 19.2. The first kappa shape index (κ1) is 18.4. The Morgan fingerprint density at radius 2 is 1.85 bits per heavy atom. The van der Waals surface area contributed by atoms with Crippen LogP contribution in [-0.2, 0) is 6.54 Å². The summed E-state index contributed by atoms with van der Waals surface area (Å²) in [6, 6.07) is 9.53. The molecule has 0 spiro atoms. The SMILES string of the molecule is Cc1cccc(CNC(=O)c2cnc(Nc3ccc(F)c(F)c3F)cn2)c1. The number of hydrogen-bond acceptors (Lipinski definition) is 4. The minimum Gasteiger partial charge on any atom is -0.347 e. The van der Waals surface area contributed by atoms with E-state index >= 15 is 0 Å². The van der Waals surface area contributed by atoms with Crippen LogP contribution in [0.25, 0.3) is 0 Å². The molecule has 0 atom stereocenters. The van der Waals surface area contributed by atoms with Gasteiger partial charge in [-0.2, -0.15) is 0 Å². The zero-order valence-electron chi connectivity index (χ0n) is 14.3. The van der Waals surface area contributed by atoms with E-state index in [1.54, 1.807) is 0 Å². The van der Waals surface area contributed by atoms with Crippen molar-refractivity contribution in [3.8, 4) is 0 Å². The highest BCUT2D eigenvalue weighted by Gasteiger charge is 2.14. The van der Waals surface area contributed by atoms with Crippen molar-refractivity contribution >= 4 is 17.4 Å². The monoisotopic (exact) mass is 372 g/mol. The largest absolute Gasteiger partial charge is 0.347 e. The smallest absolute Gasteiger partial charge is 0.271 e. The summed E-state index contributed by atoms with van der Waals surface area (Å²) in [6.45, 7) is 2.29. The summed E-state index contributed by atoms with van der Waals surface area (Å²) in [5.74, 6) is -4.58. The molecule has 138 valence electrons. The fourth-order valence-electron chi connectivity index (χ4n) is 2.37. The molecule has 2 aromatic carbocycles. The predicted octanol–water partition coefficient (Wildman–Crippen LogP) is 3.88. The fourth-order valence-corrected chi connectivity index (χ4v) is 2.37. The number of rotatable bonds is 5. The first-order valence-corrected chi connectivity index (χ1v) is 8.00. The summed E-state index contributed by atoms with van der Waals surface area (Å²) in [7, 11) is 0. The molecule has 0 unspecified atom stereocenters. The molecule has 2 N–H and O–H groups in total. The molecule has 27 heavy (non-hydrogen) atoms. The average molecular weight is 372 g/mol. The predicted molar refractivity (Wildman–Crippen MR) is 94.0 cm³/mol. The molecule has 3 rings (SSSR count). The van der Waals surface area contributed by atoms with Gasteiger partial charge in [0.05, 0.1) is 18.1 Å². The molecule has 0 bridgehead atoms. The van der Waals surface area contributed by atoms with E-state index in [2.05, 4.69) is 20.6 Å². The van der Waals surface area contributed by atoms with Crippen LogP contribution in [0.1, 0.15) is 21.6 Å². The Kier molecular flexibility index (Phi) is 5.35. The zero-order valence-corrected chi connectivity index (χ0v) is 14.3. The van der Waals surface area contributed by atoms with E-state index < -0.39 is 23.4 Å². The lowest BCUT2D eigenvalue weighted by Crippen LogP contribution is -2.24. The van der Waals surface area contributed by atoms with Crippen LogP contribution in [0, 0.1) is 24.4 Å². The van der Waals surface area contributed by atoms with Crippen LogP contribution in [-0.4, -0.2) is 15.9 Å². The van der Waals surface area contributed by atoms with Gasteiger partial charge < -0.3 is 10.6 Å². The third-order valence-electron chi connectivity index (χ3n) is 3.72. The van der Waals surface area contributed by atoms with Crippen molar-refractivity contribution in [2.24, 2.45) is 0 Å². The number of carbonyl (C=O) groups is 1. The summed E-state index contributed by atoms with van der Waals surface area (Å²) in [4.78, 5) is 20.0. The number of carbonyl (C=O) groups excluding carboxylic acids is 1. The molecule has 3 aromatic rings. The van der Waals surface area contributed by atoms with Gasteiger partial charge >= 0.3 is 0 Å². The maximum Gasteiger partial charge on any atom is 0.271 e. The van der Waals surface area contributed by atoms with E-state index in [-0.39, 0.29) is 17.2 Å². The number of aryl methyl sites for hydroxylation is 1. The van der Waals surface area contributed by atoms with Gasteiger partial charge in [0.25, 0.3) is 5.91 Å². The highest BCUT2D eigenvalue weighted by molar-refractivity contribution is 5.92. The zero-order chi connectivity index (χ0) is 19.4. The number of halogens is 3. The molecule has 0 aliphatic heterocycles. The number of hydrogen-bond donors (Lipinski definition) is 2. The Balaban J connectivity index is 1.64. The molecule has 1 heterocycles. The molecule has 0 saturated carbocycles. The number of anilines is 2. The summed E-state index contributed by atoms with van der Waals surface area (Å²) in [5, 5.41) is 5.20. The lowest BCUT2D eigenvalue weighted by Gasteiger charge is -2.08. The lowest BCUT2D eigenvalue weighted by atomic mass is 10.1. The maximum atomic E-state index is 13.7. The number of nitrogens with zero attached hydrogens (tertiary/aromatic N) is 2. The Labute approximate surface area is 153 Å². The first-order valence-electron chi connectivity index (χ1n) is 8.00. The number of benzene rings is 2. The quantitative estimate of drug-likeness (QED) is 0.667. The van der Waals surface area contributed by atoms with Crippen LogP contribution in [0.3, 0.4) is 0 Å². The summed E-state index contributed by atoms with van der Waals surface area (Å²) >= 11 is 0. The van der Waals surface area contributed by atoms with E-state index in [9.17, 15) is 18.0 Å². The molecule has 1 amide bonds. The highest BCUT2D eigenvalue weighted by Crippen LogP contribution is 2.22. The Hall–Kier alpha value is -3.42. The minimum atomic E-state index is -1.58. The molecular formula is C19H15F3N4O. The summed E-state index contributed by atoms with van der Waals surface area (Å²) < 4.78 is 39.8. The molecule has 0 fully saturated rings. The third kappa shape index (κ3) is 4.41. The Morgan fingerprint density at radius 3 is 2.56 bits per heavy atom. The van der Waals surface area contributed by atoms with E-state index in [0.29, 0.717) is 6.54 Å². The van der Waals surface area contributed by atoms with Gasteiger partial charge in [-0.1, -0.05) is 29.8 Å². The average Bonchev–Trinajstić information content (AvgIpc) is 2.67. The van der Waals surface area contributed by atoms with Crippen molar-refractivity contribution in [3.05, 3.63) is 83.1 Å². The van der Waals surface area contributed by atoms with Crippen molar-refractivity contribution in [2.75, 3.05) is 5.32 Å². The van der Waals surface area contributed by atoms with Crippen LogP contribution in [0.4, 0.5) is 24.7 Å². The van der Waals surface area contributed by atoms with Crippen molar-refractivity contribution < 1.29 is 18.0 Å². The summed E-state index contributed by atoms with van der Waals surface area (Å²) in [6.07, 6.45) is 2.40. The molecule has 8 heteroatoms. The van der Waals surface area contributed by atoms with E-state index in [0.717, 1.165) is 23.3 Å². The molecule has 0 aliphatic carbocycles. The Morgan fingerprint density at radius 1 is 1.04 bits per heavy atom. The maximum absolute atomic E-state index is 13.7. The van der Waals surface area contributed by atoms with Gasteiger partial charge in [0.2, 0.25) is 0 Å². The standard InChI is InChI=1S/C19H15F3N4O/c1-11-3-2-4-12(7-11)8-25-19(27)15-9-24-16(10-23-15)26-14-6-5-13(20)17(21)18(14)22/h2-7,9-10H,8H2,1H3,(H,24,26)(H,25,27). The minimum absolute atomic E-state index is 0.0685. The van der Waals surface area contributed by atoms with Crippen molar-refractivity contribution in [3.63, 3.8) is 0 Å². The molecule has 5 nitrogen and oxygen atoms in total. The molecule has 0 saturated heterocycles. The molecule has 0 aliphatic rings. The van der Waals surface area contributed by atoms with Crippen LogP contribution in [0.5, 0.6) is 0 Å². The second-order valence-corrected chi connectivity index (χ2v) is 5.81. The normalized spacial score (nSPS) is 10.5. The van der Waals surface area contributed by atoms with Crippen molar-refractivity contribution in [1.82, 2.24) is 15.3 Å². The van der Waals surface area contributed by atoms with Gasteiger partial charge in [0.15, 0.2) is 17.5 Å². The number of amides is 1. The number of nitrogens with one attached hydrogen (secondary N) is 2. The Bertz CT molecular complexity index is 977. The van der Waals surface area contributed by atoms with Crippen LogP contribution < -0.4 is 10.6 Å². The molecule has 0 radical (unpaired) electrons. The second-order valence-electron chi connectivity index (χ2n) is 5.81. The van der Waals surface area contributed by atoms with E-state index in [4.69, 9.17) is 0 Å². The van der Waals surface area contributed by atoms with Crippen molar-refractivity contribution in [1.29, 1.82) is 0 Å². The van der Waals surface area contributed by atoms with E-state index in [1.165, 1.54) is 12.4 Å². The molecule has 1 aromatic heterocycles. The summed E-state index contributed by atoms with van der Waals surface area (Å²) in [5.41, 5.74) is 1.81. The third-order valence-corrected chi connectivity index (χ3v) is 3.72. The van der Waals surface area contributed by atoms with Crippen LogP contribution in [0.2, 0.25) is 0 Å². The van der Waals surface area contributed by atoms with Gasteiger partial charge in [-0.15, -0.1) is 0 Å². The first-order chi connectivity index (χ1) is 12.9. The number of aromatic nitrogens is 2. The van der Waals surface area contributed by atoms with Gasteiger partial charge in [-0.05, 0) is 24.6 Å². The van der Waals surface area contributed by atoms with Crippen LogP contribution >= 0.6 is 0 Å². The second kappa shape index (κ2) is 7.86. The molecular weight excluding hydrogens is 357 g/mol. The van der Waals surface area contributed by atoms with Gasteiger partial charge in [0, 0.05) is 6.54 Å². The topological polar surface area (TPSA) is 66.9 Å². The van der Waals surface area contributed by atoms with Gasteiger partial charge in [-0.25, -0.2) is 23.1 Å².